The normalized spacial score (nSPS) is 13.0. The van der Waals surface area contributed by atoms with Crippen LogP contribution in [0.1, 0.15) is 17.4 Å². The number of carbonyl (C=O) groups excluding carboxylic acids is 1. The number of nitrogens with one attached hydrogen (secondary N) is 1. The second-order valence-electron chi connectivity index (χ2n) is 6.33. The highest BCUT2D eigenvalue weighted by atomic mass is 32.2. The zero-order valence-electron chi connectivity index (χ0n) is 16.0. The maximum atomic E-state index is 13.3. The Kier molecular flexibility index (Phi) is 6.58. The Hall–Kier alpha value is -3.02. The second kappa shape index (κ2) is 9.00. The number of sulfonamides is 1. The van der Waals surface area contributed by atoms with Gasteiger partial charge in [0.1, 0.15) is 5.82 Å². The van der Waals surface area contributed by atoms with Crippen molar-refractivity contribution in [3.8, 4) is 16.9 Å². The van der Waals surface area contributed by atoms with Gasteiger partial charge in [0, 0.05) is 10.1 Å². The van der Waals surface area contributed by atoms with E-state index < -0.39 is 36.2 Å². The minimum absolute atomic E-state index is 0.0570. The first-order valence-corrected chi connectivity index (χ1v) is 11.4. The smallest absolute Gasteiger partial charge is 0.321 e. The van der Waals surface area contributed by atoms with Crippen molar-refractivity contribution in [2.24, 2.45) is 5.14 Å². The van der Waals surface area contributed by atoms with Crippen LogP contribution in [0.3, 0.4) is 0 Å². The van der Waals surface area contributed by atoms with E-state index in [1.807, 2.05) is 0 Å². The lowest BCUT2D eigenvalue weighted by atomic mass is 10.1. The first-order chi connectivity index (χ1) is 14.5. The van der Waals surface area contributed by atoms with Gasteiger partial charge in [-0.25, -0.2) is 22.6 Å². The average molecular weight is 467 g/mol. The Morgan fingerprint density at radius 1 is 1.23 bits per heavy atom. The average Bonchev–Trinajstić information content (AvgIpc) is 3.13. The van der Waals surface area contributed by atoms with Crippen LogP contribution in [-0.2, 0) is 19.1 Å². The Morgan fingerprint density at radius 3 is 2.39 bits per heavy atom. The molecule has 2 aromatic carbocycles. The molecule has 0 aliphatic carbocycles. The largest absolute Gasteiger partial charge is 0.696 e. The first-order valence-electron chi connectivity index (χ1n) is 8.67. The standard InChI is InChI=1S/C18H16FN4O6PS/c1-11(29-30(25)26)21-18(24)16-10-17(12-2-4-13(19)5-3-12)23(22-16)14-6-8-15(9-7-14)31(20,27)28/h2-11H,1H3,(H3-,20,21,24,25,26,27,28)/p+1. The number of rotatable bonds is 7. The highest BCUT2D eigenvalue weighted by molar-refractivity contribution is 7.89. The number of aromatic nitrogens is 2. The minimum Gasteiger partial charge on any atom is -0.321 e. The van der Waals surface area contributed by atoms with Crippen molar-refractivity contribution in [1.82, 2.24) is 15.1 Å². The third kappa shape index (κ3) is 5.57. The highest BCUT2D eigenvalue weighted by Gasteiger charge is 2.23. The van der Waals surface area contributed by atoms with E-state index in [-0.39, 0.29) is 10.6 Å². The molecule has 0 aliphatic rings. The Bertz CT molecular complexity index is 1230. The molecule has 0 radical (unpaired) electrons. The van der Waals surface area contributed by atoms with Gasteiger partial charge in [-0.1, -0.05) is 4.52 Å². The minimum atomic E-state index is -3.89. The molecular formula is C18H17FN4O6PS+. The zero-order chi connectivity index (χ0) is 22.8. The van der Waals surface area contributed by atoms with Crippen molar-refractivity contribution in [3.63, 3.8) is 0 Å². The molecule has 2 atom stereocenters. The van der Waals surface area contributed by atoms with E-state index in [1.54, 1.807) is 0 Å². The fourth-order valence-electron chi connectivity index (χ4n) is 2.71. The summed E-state index contributed by atoms with van der Waals surface area (Å²) in [5, 5.41) is 11.7. The Labute approximate surface area is 177 Å². The number of hydrogen-bond acceptors (Lipinski definition) is 6. The van der Waals surface area contributed by atoms with Crippen LogP contribution >= 0.6 is 8.25 Å². The van der Waals surface area contributed by atoms with Crippen LogP contribution < -0.4 is 10.5 Å². The molecule has 1 aromatic heterocycles. The number of amides is 1. The summed E-state index contributed by atoms with van der Waals surface area (Å²) in [7, 11) is -6.81. The van der Waals surface area contributed by atoms with Gasteiger partial charge >= 0.3 is 8.25 Å². The van der Waals surface area contributed by atoms with Gasteiger partial charge in [-0.3, -0.25) is 4.79 Å². The quantitative estimate of drug-likeness (QED) is 0.355. The summed E-state index contributed by atoms with van der Waals surface area (Å²) in [4.78, 5) is 21.2. The number of primary sulfonamides is 1. The van der Waals surface area contributed by atoms with Crippen LogP contribution in [-0.4, -0.2) is 35.2 Å². The summed E-state index contributed by atoms with van der Waals surface area (Å²) in [6.45, 7) is 1.37. The van der Waals surface area contributed by atoms with Gasteiger partial charge in [-0.05, 0) is 61.5 Å². The molecule has 10 nitrogen and oxygen atoms in total. The van der Waals surface area contributed by atoms with Gasteiger partial charge in [0.15, 0.2) is 11.9 Å². The summed E-state index contributed by atoms with van der Waals surface area (Å²) in [5.41, 5.74) is 1.30. The van der Waals surface area contributed by atoms with Crippen LogP contribution in [0, 0.1) is 5.82 Å². The number of hydrogen-bond donors (Lipinski definition) is 3. The summed E-state index contributed by atoms with van der Waals surface area (Å²) in [6, 6.07) is 12.4. The van der Waals surface area contributed by atoms with Crippen molar-refractivity contribution in [2.45, 2.75) is 18.0 Å². The number of benzene rings is 2. The molecule has 0 saturated heterocycles. The molecule has 0 spiro atoms. The number of halogens is 1. The molecular weight excluding hydrogens is 450 g/mol. The first kappa shape index (κ1) is 22.7. The molecule has 2 unspecified atom stereocenters. The van der Waals surface area contributed by atoms with Gasteiger partial charge in [0.25, 0.3) is 5.91 Å². The van der Waals surface area contributed by atoms with Crippen LogP contribution in [0.5, 0.6) is 0 Å². The number of carbonyl (C=O) groups is 1. The fourth-order valence-corrected chi connectivity index (χ4v) is 3.55. The molecule has 0 aliphatic heterocycles. The summed E-state index contributed by atoms with van der Waals surface area (Å²) in [5.74, 6) is -1.14. The predicted octanol–water partition coefficient (Wildman–Crippen LogP) is 2.07. The second-order valence-corrected chi connectivity index (χ2v) is 8.58. The van der Waals surface area contributed by atoms with Crippen molar-refractivity contribution in [1.29, 1.82) is 0 Å². The summed E-state index contributed by atoms with van der Waals surface area (Å²) >= 11 is 0. The Balaban J connectivity index is 2.03. The number of nitrogens with two attached hydrogens (primary N) is 1. The van der Waals surface area contributed by atoms with Crippen LogP contribution in [0.15, 0.2) is 59.5 Å². The van der Waals surface area contributed by atoms with Gasteiger partial charge in [0.2, 0.25) is 10.0 Å². The zero-order valence-corrected chi connectivity index (χ0v) is 17.7. The van der Waals surface area contributed by atoms with Crippen molar-refractivity contribution >= 4 is 24.2 Å². The van der Waals surface area contributed by atoms with Crippen molar-refractivity contribution in [2.75, 3.05) is 0 Å². The maximum absolute atomic E-state index is 13.3. The third-order valence-electron chi connectivity index (χ3n) is 4.07. The molecule has 1 heterocycles. The molecule has 3 rings (SSSR count). The van der Waals surface area contributed by atoms with Crippen LogP contribution in [0.2, 0.25) is 0 Å². The van der Waals surface area contributed by atoms with Gasteiger partial charge < -0.3 is 5.32 Å². The molecule has 4 N–H and O–H groups in total. The molecule has 162 valence electrons. The van der Waals surface area contributed by atoms with Crippen LogP contribution in [0.25, 0.3) is 16.9 Å². The highest BCUT2D eigenvalue weighted by Crippen LogP contribution is 2.25. The van der Waals surface area contributed by atoms with E-state index in [1.165, 1.54) is 66.2 Å². The van der Waals surface area contributed by atoms with Crippen LogP contribution in [0.4, 0.5) is 4.39 Å². The molecule has 13 heteroatoms. The Morgan fingerprint density at radius 2 is 1.84 bits per heavy atom. The van der Waals surface area contributed by atoms with Gasteiger partial charge in [-0.2, -0.15) is 5.10 Å². The molecule has 3 aromatic rings. The lowest BCUT2D eigenvalue weighted by Gasteiger charge is -2.08. The molecule has 1 amide bonds. The van der Waals surface area contributed by atoms with Gasteiger partial charge in [-0.15, -0.1) is 4.89 Å². The maximum Gasteiger partial charge on any atom is 0.696 e. The molecule has 0 bridgehead atoms. The lowest BCUT2D eigenvalue weighted by molar-refractivity contribution is 0.0843. The lowest BCUT2D eigenvalue weighted by Crippen LogP contribution is -2.33. The van der Waals surface area contributed by atoms with Crippen molar-refractivity contribution < 1.29 is 31.6 Å². The van der Waals surface area contributed by atoms with E-state index in [2.05, 4.69) is 14.9 Å². The van der Waals surface area contributed by atoms with Gasteiger partial charge in [0.05, 0.1) is 16.3 Å². The summed E-state index contributed by atoms with van der Waals surface area (Å²) < 4.78 is 53.0. The molecule has 31 heavy (non-hydrogen) atoms. The topological polar surface area (TPSA) is 154 Å². The SMILES string of the molecule is CC(NC(=O)c1cc(-c2ccc(F)cc2)n(-c2ccc(S(N)(=O)=O)cc2)n1)O[P+](=O)O. The van der Waals surface area contributed by atoms with E-state index in [0.29, 0.717) is 16.9 Å². The van der Waals surface area contributed by atoms with E-state index >= 15 is 0 Å². The molecule has 0 saturated carbocycles. The predicted molar refractivity (Wildman–Crippen MR) is 108 cm³/mol. The molecule has 0 fully saturated rings. The van der Waals surface area contributed by atoms with E-state index in [0.717, 1.165) is 0 Å². The number of nitrogens with zero attached hydrogens (tertiary/aromatic N) is 2. The monoisotopic (exact) mass is 467 g/mol. The summed E-state index contributed by atoms with van der Waals surface area (Å²) in [6.07, 6.45) is -1.06. The third-order valence-corrected chi connectivity index (χ3v) is 5.50. The fraction of sp³-hybridized carbons (Fsp3) is 0.111. The van der Waals surface area contributed by atoms with Crippen molar-refractivity contribution in [3.05, 3.63) is 66.1 Å². The van der Waals surface area contributed by atoms with E-state index in [9.17, 15) is 22.2 Å². The van der Waals surface area contributed by atoms with E-state index in [4.69, 9.17) is 10.0 Å².